The molecule has 1 atom stereocenters. The minimum Gasteiger partial charge on any atom is -0.452 e. The van der Waals surface area contributed by atoms with Gasteiger partial charge in [-0.25, -0.2) is 4.39 Å². The molecule has 1 fully saturated rings. The molecular weight excluding hydrogens is 297 g/mol. The van der Waals surface area contributed by atoms with Gasteiger partial charge in [-0.3, -0.25) is 9.59 Å². The molecule has 1 aliphatic rings. The SMILES string of the molecule is C[C@@H](OC(=O)Cc1ccc(F)cc1)C(=O)NCC1CCCCC1. The summed E-state index contributed by atoms with van der Waals surface area (Å²) < 4.78 is 18.0. The van der Waals surface area contributed by atoms with E-state index in [-0.39, 0.29) is 18.1 Å². The molecule has 1 aromatic carbocycles. The second-order valence-electron chi connectivity index (χ2n) is 6.18. The topological polar surface area (TPSA) is 55.4 Å². The number of nitrogens with one attached hydrogen (secondary N) is 1. The molecule has 0 unspecified atom stereocenters. The Labute approximate surface area is 136 Å². The molecule has 0 bridgehead atoms. The van der Waals surface area contributed by atoms with Gasteiger partial charge in [0.2, 0.25) is 0 Å². The lowest BCUT2D eigenvalue weighted by molar-refractivity contribution is -0.154. The molecule has 1 amide bonds. The third-order valence-corrected chi connectivity index (χ3v) is 4.23. The summed E-state index contributed by atoms with van der Waals surface area (Å²) in [7, 11) is 0. The number of benzene rings is 1. The number of ether oxygens (including phenoxy) is 1. The summed E-state index contributed by atoms with van der Waals surface area (Å²) >= 11 is 0. The van der Waals surface area contributed by atoms with E-state index in [1.165, 1.54) is 43.5 Å². The van der Waals surface area contributed by atoms with Crippen LogP contribution in [0, 0.1) is 11.7 Å². The van der Waals surface area contributed by atoms with Crippen LogP contribution in [0.2, 0.25) is 0 Å². The quantitative estimate of drug-likeness (QED) is 0.820. The van der Waals surface area contributed by atoms with E-state index < -0.39 is 12.1 Å². The average molecular weight is 321 g/mol. The Morgan fingerprint density at radius 3 is 2.52 bits per heavy atom. The van der Waals surface area contributed by atoms with Crippen LogP contribution < -0.4 is 5.32 Å². The van der Waals surface area contributed by atoms with Crippen molar-refractivity contribution in [3.8, 4) is 0 Å². The highest BCUT2D eigenvalue weighted by Gasteiger charge is 2.20. The van der Waals surface area contributed by atoms with Crippen LogP contribution in [-0.2, 0) is 20.7 Å². The monoisotopic (exact) mass is 321 g/mol. The van der Waals surface area contributed by atoms with Crippen molar-refractivity contribution in [2.45, 2.75) is 51.6 Å². The number of amides is 1. The standard InChI is InChI=1S/C18H24FNO3/c1-13(18(22)20-12-15-5-3-2-4-6-15)23-17(21)11-14-7-9-16(19)10-8-14/h7-10,13,15H,2-6,11-12H2,1H3,(H,20,22)/t13-/m1/s1. The van der Waals surface area contributed by atoms with E-state index in [2.05, 4.69) is 5.32 Å². The highest BCUT2D eigenvalue weighted by molar-refractivity contribution is 5.83. The van der Waals surface area contributed by atoms with Crippen LogP contribution in [0.3, 0.4) is 0 Å². The van der Waals surface area contributed by atoms with Crippen LogP contribution in [0.5, 0.6) is 0 Å². The Hall–Kier alpha value is -1.91. The largest absolute Gasteiger partial charge is 0.452 e. The number of halogens is 1. The first kappa shape index (κ1) is 17.4. The van der Waals surface area contributed by atoms with Crippen molar-refractivity contribution in [2.75, 3.05) is 6.54 Å². The number of hydrogen-bond acceptors (Lipinski definition) is 3. The van der Waals surface area contributed by atoms with Gasteiger partial charge in [0.05, 0.1) is 6.42 Å². The predicted octanol–water partition coefficient (Wildman–Crippen LogP) is 3.00. The lowest BCUT2D eigenvalue weighted by atomic mass is 9.89. The van der Waals surface area contributed by atoms with Crippen molar-refractivity contribution in [1.29, 1.82) is 0 Å². The molecule has 1 saturated carbocycles. The Morgan fingerprint density at radius 2 is 1.87 bits per heavy atom. The fourth-order valence-electron chi connectivity index (χ4n) is 2.84. The molecule has 23 heavy (non-hydrogen) atoms. The first-order valence-corrected chi connectivity index (χ1v) is 8.26. The third-order valence-electron chi connectivity index (χ3n) is 4.23. The molecule has 0 heterocycles. The molecule has 1 N–H and O–H groups in total. The lowest BCUT2D eigenvalue weighted by Crippen LogP contribution is -2.39. The van der Waals surface area contributed by atoms with Crippen LogP contribution in [0.4, 0.5) is 4.39 Å². The Bertz CT molecular complexity index is 524. The minimum absolute atomic E-state index is 0.0283. The lowest BCUT2D eigenvalue weighted by Gasteiger charge is -2.22. The van der Waals surface area contributed by atoms with Gasteiger partial charge in [0.1, 0.15) is 5.82 Å². The second kappa shape index (κ2) is 8.65. The second-order valence-corrected chi connectivity index (χ2v) is 6.18. The minimum atomic E-state index is -0.813. The predicted molar refractivity (Wildman–Crippen MR) is 85.2 cm³/mol. The molecule has 0 spiro atoms. The summed E-state index contributed by atoms with van der Waals surface area (Å²) in [6.07, 6.45) is 5.25. The highest BCUT2D eigenvalue weighted by atomic mass is 19.1. The van der Waals surface area contributed by atoms with Crippen LogP contribution in [0.15, 0.2) is 24.3 Å². The van der Waals surface area contributed by atoms with Gasteiger partial charge in [0.15, 0.2) is 6.10 Å². The number of esters is 1. The van der Waals surface area contributed by atoms with Crippen molar-refractivity contribution in [3.05, 3.63) is 35.6 Å². The Kier molecular flexibility index (Phi) is 6.56. The summed E-state index contributed by atoms with van der Waals surface area (Å²) in [5, 5.41) is 2.86. The molecule has 0 aliphatic heterocycles. The number of carbonyl (C=O) groups is 2. The summed E-state index contributed by atoms with van der Waals surface area (Å²) in [6.45, 7) is 2.22. The summed E-state index contributed by atoms with van der Waals surface area (Å²) in [6, 6.07) is 5.65. The Morgan fingerprint density at radius 1 is 1.22 bits per heavy atom. The average Bonchev–Trinajstić information content (AvgIpc) is 2.55. The van der Waals surface area contributed by atoms with E-state index in [1.54, 1.807) is 6.92 Å². The molecule has 1 aliphatic carbocycles. The zero-order chi connectivity index (χ0) is 16.7. The van der Waals surface area contributed by atoms with Gasteiger partial charge in [-0.15, -0.1) is 0 Å². The van der Waals surface area contributed by atoms with Crippen molar-refractivity contribution in [3.63, 3.8) is 0 Å². The maximum atomic E-state index is 12.8. The van der Waals surface area contributed by atoms with Crippen molar-refractivity contribution >= 4 is 11.9 Å². The first-order chi connectivity index (χ1) is 11.0. The maximum absolute atomic E-state index is 12.8. The molecule has 2 rings (SSSR count). The van der Waals surface area contributed by atoms with E-state index in [0.717, 1.165) is 12.8 Å². The molecule has 4 nitrogen and oxygen atoms in total. The first-order valence-electron chi connectivity index (χ1n) is 8.26. The Balaban J connectivity index is 1.71. The normalized spacial score (nSPS) is 16.6. The molecular formula is C18H24FNO3. The van der Waals surface area contributed by atoms with Gasteiger partial charge in [0.25, 0.3) is 5.91 Å². The summed E-state index contributed by atoms with van der Waals surface area (Å²) in [5.74, 6) is -0.563. The van der Waals surface area contributed by atoms with Gasteiger partial charge in [-0.05, 0) is 43.4 Å². The highest BCUT2D eigenvalue weighted by Crippen LogP contribution is 2.22. The smallest absolute Gasteiger partial charge is 0.311 e. The zero-order valence-electron chi connectivity index (χ0n) is 13.5. The van der Waals surface area contributed by atoms with Crippen LogP contribution in [0.25, 0.3) is 0 Å². The summed E-state index contributed by atoms with van der Waals surface area (Å²) in [5.41, 5.74) is 0.659. The van der Waals surface area contributed by atoms with E-state index in [0.29, 0.717) is 18.0 Å². The van der Waals surface area contributed by atoms with E-state index >= 15 is 0 Å². The molecule has 1 aromatic rings. The van der Waals surface area contributed by atoms with E-state index in [9.17, 15) is 14.0 Å². The zero-order valence-corrected chi connectivity index (χ0v) is 13.5. The molecule has 0 radical (unpaired) electrons. The van der Waals surface area contributed by atoms with Gasteiger partial charge in [0, 0.05) is 6.54 Å². The van der Waals surface area contributed by atoms with Crippen molar-refractivity contribution in [1.82, 2.24) is 5.32 Å². The van der Waals surface area contributed by atoms with Crippen molar-refractivity contribution < 1.29 is 18.7 Å². The van der Waals surface area contributed by atoms with Crippen molar-refractivity contribution in [2.24, 2.45) is 5.92 Å². The summed E-state index contributed by atoms with van der Waals surface area (Å²) in [4.78, 5) is 23.8. The number of carbonyl (C=O) groups excluding carboxylic acids is 2. The van der Waals surface area contributed by atoms with Crippen LogP contribution in [-0.4, -0.2) is 24.5 Å². The maximum Gasteiger partial charge on any atom is 0.311 e. The fourth-order valence-corrected chi connectivity index (χ4v) is 2.84. The molecule has 0 aromatic heterocycles. The molecule has 0 saturated heterocycles. The van der Waals surface area contributed by atoms with E-state index in [1.807, 2.05) is 0 Å². The van der Waals surface area contributed by atoms with Gasteiger partial charge >= 0.3 is 5.97 Å². The van der Waals surface area contributed by atoms with Crippen LogP contribution in [0.1, 0.15) is 44.6 Å². The van der Waals surface area contributed by atoms with E-state index in [4.69, 9.17) is 4.74 Å². The van der Waals surface area contributed by atoms with Crippen LogP contribution >= 0.6 is 0 Å². The molecule has 5 heteroatoms. The van der Waals surface area contributed by atoms with Gasteiger partial charge in [-0.1, -0.05) is 31.4 Å². The van der Waals surface area contributed by atoms with Gasteiger partial charge < -0.3 is 10.1 Å². The fraction of sp³-hybridized carbons (Fsp3) is 0.556. The van der Waals surface area contributed by atoms with Gasteiger partial charge in [-0.2, -0.15) is 0 Å². The number of hydrogen-bond donors (Lipinski definition) is 1. The third kappa shape index (κ3) is 6.00. The number of rotatable bonds is 6. The molecule has 126 valence electrons.